The number of benzene rings is 4. The maximum absolute atomic E-state index is 13.9. The highest BCUT2D eigenvalue weighted by Gasteiger charge is 2.42. The number of carbonyl (C=O) groups excluding carboxylic acids is 2. The van der Waals surface area contributed by atoms with E-state index in [1.54, 1.807) is 36.4 Å². The summed E-state index contributed by atoms with van der Waals surface area (Å²) in [5.74, 6) is 1.78. The van der Waals surface area contributed by atoms with Crippen LogP contribution in [0, 0.1) is 0 Å². The molecular formula is C42H44N4O14. The molecule has 0 saturated carbocycles. The molecule has 18 heteroatoms. The van der Waals surface area contributed by atoms with Crippen molar-refractivity contribution in [1.82, 2.24) is 9.80 Å². The van der Waals surface area contributed by atoms with Gasteiger partial charge in [-0.15, -0.1) is 10.2 Å². The van der Waals surface area contributed by atoms with Gasteiger partial charge in [0.2, 0.25) is 25.1 Å². The van der Waals surface area contributed by atoms with Gasteiger partial charge in [0.05, 0.1) is 53.8 Å². The minimum atomic E-state index is -0.945. The number of likely N-dealkylation sites (N-methyl/N-ethyl adjacent to an activating group) is 2. The molecule has 316 valence electrons. The van der Waals surface area contributed by atoms with E-state index in [1.807, 2.05) is 23.9 Å². The first-order valence-corrected chi connectivity index (χ1v) is 18.9. The second-order valence-electron chi connectivity index (χ2n) is 13.9. The molecule has 4 heterocycles. The minimum absolute atomic E-state index is 0.111. The zero-order valence-corrected chi connectivity index (χ0v) is 34.4. The van der Waals surface area contributed by atoms with Crippen LogP contribution in [0.4, 0.5) is 11.4 Å². The predicted octanol–water partition coefficient (Wildman–Crippen LogP) is 6.30. The summed E-state index contributed by atoms with van der Waals surface area (Å²) in [5, 5.41) is 9.72. The number of nitrogens with zero attached hydrogens (tertiary/aromatic N) is 4. The van der Waals surface area contributed by atoms with Crippen LogP contribution in [0.5, 0.6) is 57.5 Å². The summed E-state index contributed by atoms with van der Waals surface area (Å²) < 4.78 is 70.3. The molecule has 18 nitrogen and oxygen atoms in total. The quantitative estimate of drug-likeness (QED) is 0.115. The van der Waals surface area contributed by atoms with Gasteiger partial charge in [-0.1, -0.05) is 12.1 Å². The third-order valence-electron chi connectivity index (χ3n) is 10.8. The van der Waals surface area contributed by atoms with Gasteiger partial charge in [-0.3, -0.25) is 9.80 Å². The molecule has 60 heavy (non-hydrogen) atoms. The van der Waals surface area contributed by atoms with Gasteiger partial charge in [-0.2, -0.15) is 0 Å². The summed E-state index contributed by atoms with van der Waals surface area (Å²) in [5.41, 5.74) is 3.43. The van der Waals surface area contributed by atoms with Crippen LogP contribution in [0.25, 0.3) is 0 Å². The molecule has 0 aromatic heterocycles. The van der Waals surface area contributed by atoms with E-state index in [-0.39, 0.29) is 47.7 Å². The van der Waals surface area contributed by atoms with Gasteiger partial charge in [0.1, 0.15) is 22.5 Å². The van der Waals surface area contributed by atoms with Crippen molar-refractivity contribution >= 4 is 23.3 Å². The van der Waals surface area contributed by atoms with Crippen molar-refractivity contribution in [2.75, 3.05) is 83.4 Å². The predicted molar refractivity (Wildman–Crippen MR) is 210 cm³/mol. The Kier molecular flexibility index (Phi) is 11.1. The normalized spacial score (nSPS) is 17.7. The van der Waals surface area contributed by atoms with Crippen LogP contribution in [0.3, 0.4) is 0 Å². The molecule has 0 aliphatic carbocycles. The highest BCUT2D eigenvalue weighted by atomic mass is 16.7. The summed E-state index contributed by atoms with van der Waals surface area (Å²) in [6, 6.07) is 9.94. The number of para-hydroxylation sites is 2. The van der Waals surface area contributed by atoms with Crippen molar-refractivity contribution in [2.45, 2.75) is 25.3 Å². The average Bonchev–Trinajstić information content (AvgIpc) is 3.97. The molecule has 2 atom stereocenters. The smallest absolute Gasteiger partial charge is 0.343 e. The largest absolute Gasteiger partial charge is 0.493 e. The van der Waals surface area contributed by atoms with Gasteiger partial charge >= 0.3 is 11.9 Å². The second kappa shape index (κ2) is 16.5. The molecule has 0 N–H and O–H groups in total. The van der Waals surface area contributed by atoms with Crippen molar-refractivity contribution in [2.24, 2.45) is 10.2 Å². The van der Waals surface area contributed by atoms with Gasteiger partial charge in [0.25, 0.3) is 0 Å². The van der Waals surface area contributed by atoms with Crippen LogP contribution in [0.2, 0.25) is 0 Å². The van der Waals surface area contributed by atoms with Crippen molar-refractivity contribution < 1.29 is 66.4 Å². The monoisotopic (exact) mass is 828 g/mol. The number of methoxy groups -OCH3 is 6. The molecule has 0 bridgehead atoms. The lowest BCUT2D eigenvalue weighted by Gasteiger charge is -2.36. The first-order chi connectivity index (χ1) is 29.2. The standard InChI is InChI=1S/C42H44N4O14/c1-45-17-15-21-27(39(45)59-41(47)23-11-9-13-25(49-3)31(23)51-5)33(53-7)37-35(55-19-57-37)29(21)43-44-30-22-16-18-46(2)40(28(22)34(54-8)38-36(30)56-20-58-38)60-42(48)24-12-10-14-26(50-4)32(24)52-6/h9-14,39-40H,15-20H2,1-8H3/t39-,40-/m0/s1. The Morgan fingerprint density at radius 1 is 0.550 bits per heavy atom. The Morgan fingerprint density at radius 2 is 0.933 bits per heavy atom. The lowest BCUT2D eigenvalue weighted by Crippen LogP contribution is -2.35. The van der Waals surface area contributed by atoms with E-state index in [0.29, 0.717) is 94.1 Å². The maximum atomic E-state index is 13.9. The zero-order valence-electron chi connectivity index (χ0n) is 34.4. The van der Waals surface area contributed by atoms with E-state index in [0.717, 1.165) is 0 Å². The number of fused-ring (bicyclic) bond motifs is 4. The van der Waals surface area contributed by atoms with Gasteiger partial charge < -0.3 is 56.8 Å². The number of rotatable bonds is 12. The summed E-state index contributed by atoms with van der Waals surface area (Å²) in [6.45, 7) is 0.709. The topological polar surface area (TPSA) is 176 Å². The summed E-state index contributed by atoms with van der Waals surface area (Å²) >= 11 is 0. The minimum Gasteiger partial charge on any atom is -0.493 e. The average molecular weight is 829 g/mol. The van der Waals surface area contributed by atoms with Gasteiger partial charge in [-0.05, 0) is 62.3 Å². The molecule has 0 fully saturated rings. The first kappa shape index (κ1) is 40.1. The fourth-order valence-electron chi connectivity index (χ4n) is 8.01. The Labute approximate surface area is 345 Å². The Morgan fingerprint density at radius 3 is 1.30 bits per heavy atom. The summed E-state index contributed by atoms with van der Waals surface area (Å²) in [7, 11) is 12.6. The number of esters is 2. The van der Waals surface area contributed by atoms with Crippen LogP contribution in [-0.2, 0) is 22.3 Å². The fourth-order valence-corrected chi connectivity index (χ4v) is 8.01. The highest BCUT2D eigenvalue weighted by molar-refractivity contribution is 5.94. The number of hydrogen-bond donors (Lipinski definition) is 0. The molecule has 4 aromatic carbocycles. The first-order valence-electron chi connectivity index (χ1n) is 18.9. The van der Waals surface area contributed by atoms with E-state index in [4.69, 9.17) is 67.1 Å². The highest BCUT2D eigenvalue weighted by Crippen LogP contribution is 2.59. The van der Waals surface area contributed by atoms with Crippen molar-refractivity contribution in [3.8, 4) is 57.5 Å². The molecule has 0 radical (unpaired) electrons. The molecule has 0 unspecified atom stereocenters. The summed E-state index contributed by atoms with van der Waals surface area (Å²) in [6.07, 6.45) is -0.976. The number of hydrogen-bond acceptors (Lipinski definition) is 18. The third kappa shape index (κ3) is 6.61. The van der Waals surface area contributed by atoms with E-state index in [9.17, 15) is 9.59 Å². The molecular weight excluding hydrogens is 784 g/mol. The molecule has 8 rings (SSSR count). The maximum Gasteiger partial charge on any atom is 0.343 e. The number of carbonyl (C=O) groups is 2. The van der Waals surface area contributed by atoms with Crippen molar-refractivity contribution in [1.29, 1.82) is 0 Å². The third-order valence-corrected chi connectivity index (χ3v) is 10.8. The van der Waals surface area contributed by atoms with Crippen LogP contribution < -0.4 is 47.4 Å². The van der Waals surface area contributed by atoms with Crippen molar-refractivity contribution in [3.05, 3.63) is 69.8 Å². The van der Waals surface area contributed by atoms with Crippen LogP contribution in [0.15, 0.2) is 46.6 Å². The lowest BCUT2D eigenvalue weighted by atomic mass is 9.93. The van der Waals surface area contributed by atoms with Crippen LogP contribution in [-0.4, -0.2) is 105 Å². The van der Waals surface area contributed by atoms with Gasteiger partial charge in [0, 0.05) is 13.1 Å². The molecule has 0 amide bonds. The number of azo groups is 1. The van der Waals surface area contributed by atoms with E-state index in [2.05, 4.69) is 0 Å². The SMILES string of the molecule is COc1cccc(C(=O)O[C@H]2c3c(c(N=Nc4c5c(c(OC)c6c4OCO6)[C@H](OC(=O)c4cccc(OC)c4OC)N(C)CC5)c4c(c3OC)OCO4)CCN2C)c1OC. The Bertz CT molecular complexity index is 2220. The van der Waals surface area contributed by atoms with E-state index in [1.165, 1.54) is 42.7 Å². The van der Waals surface area contributed by atoms with E-state index >= 15 is 0 Å². The summed E-state index contributed by atoms with van der Waals surface area (Å²) in [4.78, 5) is 31.6. The van der Waals surface area contributed by atoms with E-state index < -0.39 is 24.4 Å². The molecule has 4 aliphatic rings. The van der Waals surface area contributed by atoms with Crippen molar-refractivity contribution in [3.63, 3.8) is 0 Å². The molecule has 0 spiro atoms. The zero-order chi connectivity index (χ0) is 42.2. The van der Waals surface area contributed by atoms with Gasteiger partial charge in [0.15, 0.2) is 58.5 Å². The van der Waals surface area contributed by atoms with Crippen LogP contribution in [0.1, 0.15) is 55.4 Å². The molecule has 4 aromatic rings. The molecule has 4 aliphatic heterocycles. The molecule has 0 saturated heterocycles. The second-order valence-corrected chi connectivity index (χ2v) is 13.9. The lowest BCUT2D eigenvalue weighted by molar-refractivity contribution is -0.0311. The number of ether oxygens (including phenoxy) is 12. The Hall–Kier alpha value is -6.66. The Balaban J connectivity index is 1.23. The van der Waals surface area contributed by atoms with Crippen LogP contribution >= 0.6 is 0 Å². The fraction of sp³-hybridized carbons (Fsp3) is 0.381. The van der Waals surface area contributed by atoms with Gasteiger partial charge in [-0.25, -0.2) is 9.59 Å².